The summed E-state index contributed by atoms with van der Waals surface area (Å²) in [6, 6.07) is 10.9. The molecule has 0 spiro atoms. The van der Waals surface area contributed by atoms with Crippen LogP contribution in [0.15, 0.2) is 54.9 Å². The third kappa shape index (κ3) is 7.37. The third-order valence-corrected chi connectivity index (χ3v) is 8.02. The molecule has 0 radical (unpaired) electrons. The van der Waals surface area contributed by atoms with Gasteiger partial charge in [0, 0.05) is 41.9 Å². The summed E-state index contributed by atoms with van der Waals surface area (Å²) in [5.41, 5.74) is 1.10. The number of carbonyl (C=O) groups excluding carboxylic acids is 2. The van der Waals surface area contributed by atoms with E-state index in [2.05, 4.69) is 14.4 Å². The first kappa shape index (κ1) is 31.2. The van der Waals surface area contributed by atoms with Gasteiger partial charge >= 0.3 is 5.97 Å². The van der Waals surface area contributed by atoms with Crippen LogP contribution in [0.4, 0.5) is 8.78 Å². The number of fused-ring (bicyclic) bond motifs is 1. The van der Waals surface area contributed by atoms with Gasteiger partial charge in [-0.3, -0.25) is 9.59 Å². The van der Waals surface area contributed by atoms with Crippen molar-refractivity contribution < 1.29 is 36.3 Å². The molecule has 4 rings (SSSR count). The minimum atomic E-state index is -3.82. The summed E-state index contributed by atoms with van der Waals surface area (Å²) in [7, 11) is -3.82. The Labute approximate surface area is 246 Å². The second-order valence-corrected chi connectivity index (χ2v) is 11.7. The van der Waals surface area contributed by atoms with Gasteiger partial charge in [0.25, 0.3) is 0 Å². The molecular formula is C29H28ClF2N3O6S. The molecule has 42 heavy (non-hydrogen) atoms. The quantitative estimate of drug-likeness (QED) is 0.124. The van der Waals surface area contributed by atoms with E-state index in [4.69, 9.17) is 16.3 Å². The van der Waals surface area contributed by atoms with Crippen molar-refractivity contribution in [2.45, 2.75) is 33.4 Å². The van der Waals surface area contributed by atoms with E-state index in [9.17, 15) is 18.0 Å². The molecule has 1 N–H and O–H groups in total. The molecule has 2 aromatic carbocycles. The lowest BCUT2D eigenvalue weighted by Gasteiger charge is -2.10. The zero-order chi connectivity index (χ0) is 30.4. The maximum absolute atomic E-state index is 15.6. The van der Waals surface area contributed by atoms with Gasteiger partial charge in [-0.1, -0.05) is 29.8 Å². The highest BCUT2D eigenvalue weighted by atomic mass is 35.5. The molecule has 4 aromatic rings. The zero-order valence-electron chi connectivity index (χ0n) is 22.8. The molecule has 13 heteroatoms. The summed E-state index contributed by atoms with van der Waals surface area (Å²) in [5, 5.41) is 0.925. The number of rotatable bonds is 13. The van der Waals surface area contributed by atoms with Crippen LogP contribution in [-0.2, 0) is 37.4 Å². The minimum absolute atomic E-state index is 0.0204. The predicted molar refractivity (Wildman–Crippen MR) is 153 cm³/mol. The van der Waals surface area contributed by atoms with E-state index in [-0.39, 0.29) is 30.7 Å². The van der Waals surface area contributed by atoms with Crippen LogP contribution in [-0.4, -0.2) is 48.8 Å². The fourth-order valence-corrected chi connectivity index (χ4v) is 5.35. The van der Waals surface area contributed by atoms with Gasteiger partial charge in [-0.05, 0) is 55.2 Å². The van der Waals surface area contributed by atoms with Crippen LogP contribution >= 0.6 is 11.6 Å². The minimum Gasteiger partial charge on any atom is -0.449 e. The molecule has 0 unspecified atom stereocenters. The number of aryl methyl sites for hydroxylation is 1. The van der Waals surface area contributed by atoms with Crippen LogP contribution in [0.2, 0.25) is 5.02 Å². The normalized spacial score (nSPS) is 11.6. The molecule has 222 valence electrons. The van der Waals surface area contributed by atoms with Crippen LogP contribution in [0, 0.1) is 11.6 Å². The van der Waals surface area contributed by atoms with Crippen molar-refractivity contribution >= 4 is 44.4 Å². The number of esters is 1. The topological polar surface area (TPSA) is 117 Å². The molecule has 0 saturated carbocycles. The SMILES string of the molecule is CCOCn1cc(C(=O)c2c(F)ccc(CCCS(=O)(=O)NCOC(C)=O)c2F)c2cc(-c3ccc(Cl)cc3)cnc21. The van der Waals surface area contributed by atoms with Gasteiger partial charge in [0.15, 0.2) is 6.73 Å². The van der Waals surface area contributed by atoms with Gasteiger partial charge in [0.1, 0.15) is 24.0 Å². The average molecular weight is 620 g/mol. The Balaban J connectivity index is 1.65. The molecule has 0 fully saturated rings. The molecule has 2 heterocycles. The highest BCUT2D eigenvalue weighted by molar-refractivity contribution is 7.89. The van der Waals surface area contributed by atoms with Gasteiger partial charge in [0.05, 0.1) is 16.9 Å². The van der Waals surface area contributed by atoms with E-state index in [0.29, 0.717) is 28.2 Å². The van der Waals surface area contributed by atoms with E-state index in [0.717, 1.165) is 18.6 Å². The maximum atomic E-state index is 15.6. The average Bonchev–Trinajstić information content (AvgIpc) is 3.31. The number of nitrogens with zero attached hydrogens (tertiary/aromatic N) is 2. The first-order valence-corrected chi connectivity index (χ1v) is 15.0. The van der Waals surface area contributed by atoms with Crippen molar-refractivity contribution in [3.05, 3.63) is 88.2 Å². The first-order valence-electron chi connectivity index (χ1n) is 13.0. The molecule has 0 bridgehead atoms. The Morgan fingerprint density at radius 1 is 1.10 bits per heavy atom. The van der Waals surface area contributed by atoms with E-state index >= 15 is 8.78 Å². The Bertz CT molecular complexity index is 1730. The zero-order valence-corrected chi connectivity index (χ0v) is 24.4. The Morgan fingerprint density at radius 3 is 2.52 bits per heavy atom. The number of aromatic nitrogens is 2. The number of ketones is 1. The van der Waals surface area contributed by atoms with Gasteiger partial charge in [0.2, 0.25) is 15.8 Å². The molecular weight excluding hydrogens is 592 g/mol. The number of sulfonamides is 1. The summed E-state index contributed by atoms with van der Waals surface area (Å²) in [6.07, 6.45) is 2.95. The summed E-state index contributed by atoms with van der Waals surface area (Å²) in [6.45, 7) is 2.88. The van der Waals surface area contributed by atoms with Gasteiger partial charge < -0.3 is 14.0 Å². The van der Waals surface area contributed by atoms with Crippen molar-refractivity contribution in [2.24, 2.45) is 0 Å². The van der Waals surface area contributed by atoms with Crippen molar-refractivity contribution in [1.82, 2.24) is 14.3 Å². The third-order valence-electron chi connectivity index (χ3n) is 6.38. The van der Waals surface area contributed by atoms with E-state index in [1.807, 2.05) is 0 Å². The van der Waals surface area contributed by atoms with Crippen LogP contribution < -0.4 is 4.72 Å². The van der Waals surface area contributed by atoms with Crippen molar-refractivity contribution in [3.63, 3.8) is 0 Å². The van der Waals surface area contributed by atoms with Crippen molar-refractivity contribution in [2.75, 3.05) is 19.1 Å². The van der Waals surface area contributed by atoms with Crippen molar-refractivity contribution in [1.29, 1.82) is 0 Å². The number of pyridine rings is 1. The standard InChI is InChI=1S/C29H28ClF2N3O6S/c1-3-40-17-35-15-24(23-13-21(14-33-29(23)35)19-6-9-22(30)10-7-19)28(37)26-25(31)11-8-20(27(26)32)5-4-12-42(38,39)34-16-41-18(2)36/h6-11,13-15,34H,3-5,12,16-17H2,1-2H3. The number of carbonyl (C=O) groups is 2. The van der Waals surface area contributed by atoms with Crippen LogP contribution in [0.25, 0.3) is 22.2 Å². The number of hydrogen-bond acceptors (Lipinski definition) is 7. The fraction of sp³-hybridized carbons (Fsp3) is 0.276. The lowest BCUT2D eigenvalue weighted by Crippen LogP contribution is -2.29. The summed E-state index contributed by atoms with van der Waals surface area (Å²) < 4.78 is 68.6. The smallest absolute Gasteiger partial charge is 0.303 e. The fourth-order valence-electron chi connectivity index (χ4n) is 4.32. The Hall–Kier alpha value is -3.71. The summed E-state index contributed by atoms with van der Waals surface area (Å²) in [4.78, 5) is 29.0. The molecule has 0 amide bonds. The number of ether oxygens (including phenoxy) is 2. The number of hydrogen-bond donors (Lipinski definition) is 1. The largest absolute Gasteiger partial charge is 0.449 e. The molecule has 0 aliphatic carbocycles. The lowest BCUT2D eigenvalue weighted by molar-refractivity contribution is -0.141. The van der Waals surface area contributed by atoms with Gasteiger partial charge in [-0.25, -0.2) is 22.2 Å². The van der Waals surface area contributed by atoms with Gasteiger partial charge in [-0.15, -0.1) is 0 Å². The Morgan fingerprint density at radius 2 is 1.83 bits per heavy atom. The highest BCUT2D eigenvalue weighted by Gasteiger charge is 2.26. The number of benzene rings is 2. The monoisotopic (exact) mass is 619 g/mol. The van der Waals surface area contributed by atoms with Crippen LogP contribution in [0.3, 0.4) is 0 Å². The van der Waals surface area contributed by atoms with Gasteiger partial charge in [-0.2, -0.15) is 4.72 Å². The molecule has 0 atom stereocenters. The second kappa shape index (κ2) is 13.5. The highest BCUT2D eigenvalue weighted by Crippen LogP contribution is 2.30. The lowest BCUT2D eigenvalue weighted by atomic mass is 9.97. The maximum Gasteiger partial charge on any atom is 0.303 e. The summed E-state index contributed by atoms with van der Waals surface area (Å²) >= 11 is 6.01. The number of halogens is 3. The molecule has 9 nitrogen and oxygen atoms in total. The molecule has 0 aliphatic heterocycles. The van der Waals surface area contributed by atoms with E-state index < -0.39 is 51.5 Å². The first-order chi connectivity index (χ1) is 20.0. The number of nitrogens with one attached hydrogen (secondary N) is 1. The molecule has 0 saturated heterocycles. The molecule has 2 aromatic heterocycles. The van der Waals surface area contributed by atoms with Crippen LogP contribution in [0.1, 0.15) is 41.8 Å². The van der Waals surface area contributed by atoms with Crippen LogP contribution in [0.5, 0.6) is 0 Å². The Kier molecular flexibility index (Phi) is 10.0. The molecule has 0 aliphatic rings. The second-order valence-electron chi connectivity index (χ2n) is 9.31. The predicted octanol–water partition coefficient (Wildman–Crippen LogP) is 5.23. The van der Waals surface area contributed by atoms with E-state index in [1.54, 1.807) is 48.0 Å². The summed E-state index contributed by atoms with van der Waals surface area (Å²) in [5.74, 6) is -4.07. The van der Waals surface area contributed by atoms with E-state index in [1.165, 1.54) is 12.3 Å². The van der Waals surface area contributed by atoms with Crippen molar-refractivity contribution in [3.8, 4) is 11.1 Å².